The van der Waals surface area contributed by atoms with Gasteiger partial charge in [-0.05, 0) is 32.1 Å². The number of ether oxygens (including phenoxy) is 1. The molecule has 3 heterocycles. The molecule has 3 aliphatic rings. The summed E-state index contributed by atoms with van der Waals surface area (Å²) in [5.74, 6) is 1.61. The number of likely N-dealkylation sites (tertiary alicyclic amines) is 1. The number of nitrogens with zero attached hydrogens (tertiary/aromatic N) is 4. The Balaban J connectivity index is 1.49. The maximum absolute atomic E-state index is 12.9. The average Bonchev–Trinajstić information content (AvgIpc) is 3.25. The monoisotopic (exact) mass is 372 g/mol. The molecule has 27 heavy (non-hydrogen) atoms. The molecular weight excluding hydrogens is 344 g/mol. The number of hydrogen-bond donors (Lipinski definition) is 1. The molecule has 0 saturated carbocycles. The third-order valence-electron chi connectivity index (χ3n) is 6.30. The molecule has 0 bridgehead atoms. The smallest absolute Gasteiger partial charge is 0.226 e. The Morgan fingerprint density at radius 2 is 1.96 bits per heavy atom. The molecule has 7 heteroatoms. The number of methoxy groups -OCH3 is 1. The van der Waals surface area contributed by atoms with Crippen molar-refractivity contribution in [1.82, 2.24) is 14.9 Å². The van der Waals surface area contributed by atoms with Gasteiger partial charge in [0.15, 0.2) is 5.75 Å². The van der Waals surface area contributed by atoms with Gasteiger partial charge in [-0.3, -0.25) is 4.79 Å². The van der Waals surface area contributed by atoms with Crippen molar-refractivity contribution >= 4 is 11.9 Å². The van der Waals surface area contributed by atoms with Gasteiger partial charge in [0.05, 0.1) is 25.6 Å². The molecule has 146 valence electrons. The summed E-state index contributed by atoms with van der Waals surface area (Å²) < 4.78 is 5.14. The Hall–Kier alpha value is -2.15. The van der Waals surface area contributed by atoms with Gasteiger partial charge in [-0.2, -0.15) is 0 Å². The van der Waals surface area contributed by atoms with Crippen LogP contribution in [0.2, 0.25) is 0 Å². The fraction of sp³-hybridized carbons (Fsp3) is 0.650. The summed E-state index contributed by atoms with van der Waals surface area (Å²) in [5.41, 5.74) is -0.304. The molecule has 1 aliphatic carbocycles. The molecule has 1 amide bonds. The fourth-order valence-electron chi connectivity index (χ4n) is 4.72. The van der Waals surface area contributed by atoms with E-state index < -0.39 is 6.10 Å². The lowest BCUT2D eigenvalue weighted by Crippen LogP contribution is -2.60. The molecule has 4 rings (SSSR count). The maximum Gasteiger partial charge on any atom is 0.226 e. The van der Waals surface area contributed by atoms with E-state index in [0.717, 1.165) is 38.8 Å². The second-order valence-corrected chi connectivity index (χ2v) is 8.01. The molecule has 0 radical (unpaired) electrons. The standard InChI is InChI=1S/C20H28N4O3/c1-27-16-11-21-19(22-12-16)24-10-7-17(25)20(14-24)8-4-9-23(13-20)18(26)15-5-2-3-6-15/h2-3,11-12,15,17,25H,4-10,13-14H2,1H3/t17?,20-/m0/s1. The van der Waals surface area contributed by atoms with Gasteiger partial charge in [-0.25, -0.2) is 9.97 Å². The number of aromatic nitrogens is 2. The van der Waals surface area contributed by atoms with E-state index in [9.17, 15) is 9.90 Å². The molecule has 0 aromatic carbocycles. The van der Waals surface area contributed by atoms with Crippen LogP contribution >= 0.6 is 0 Å². The zero-order valence-electron chi connectivity index (χ0n) is 15.9. The Kier molecular flexibility index (Phi) is 5.04. The molecule has 1 N–H and O–H groups in total. The fourth-order valence-corrected chi connectivity index (χ4v) is 4.72. The van der Waals surface area contributed by atoms with Gasteiger partial charge in [0.2, 0.25) is 11.9 Å². The zero-order chi connectivity index (χ0) is 18.9. The van der Waals surface area contributed by atoms with Crippen LogP contribution in [0.1, 0.15) is 32.1 Å². The highest BCUT2D eigenvalue weighted by molar-refractivity contribution is 5.79. The number of aliphatic hydroxyl groups is 1. The quantitative estimate of drug-likeness (QED) is 0.813. The summed E-state index contributed by atoms with van der Waals surface area (Å²) in [6.45, 7) is 2.81. The van der Waals surface area contributed by atoms with Crippen LogP contribution in [-0.2, 0) is 4.79 Å². The van der Waals surface area contributed by atoms with Gasteiger partial charge in [0, 0.05) is 37.5 Å². The molecule has 2 aliphatic heterocycles. The SMILES string of the molecule is COc1cnc(N2CCC(O)[C@]3(CCCN(C(=O)C4CC=CC4)C3)C2)nc1. The van der Waals surface area contributed by atoms with Crippen molar-refractivity contribution in [2.24, 2.45) is 11.3 Å². The number of aliphatic hydroxyl groups excluding tert-OH is 1. The van der Waals surface area contributed by atoms with Crippen molar-refractivity contribution in [2.75, 3.05) is 38.2 Å². The molecular formula is C20H28N4O3. The molecule has 7 nitrogen and oxygen atoms in total. The topological polar surface area (TPSA) is 78.8 Å². The van der Waals surface area contributed by atoms with E-state index in [1.54, 1.807) is 19.5 Å². The third kappa shape index (κ3) is 3.52. The largest absolute Gasteiger partial charge is 0.494 e. The minimum Gasteiger partial charge on any atom is -0.494 e. The minimum absolute atomic E-state index is 0.0851. The number of carbonyl (C=O) groups is 1. The predicted octanol–water partition coefficient (Wildman–Crippen LogP) is 1.63. The highest BCUT2D eigenvalue weighted by atomic mass is 16.5. The van der Waals surface area contributed by atoms with Crippen LogP contribution in [0, 0.1) is 11.3 Å². The van der Waals surface area contributed by atoms with Gasteiger partial charge in [-0.1, -0.05) is 12.2 Å². The van der Waals surface area contributed by atoms with Crippen LogP contribution in [0.25, 0.3) is 0 Å². The molecule has 2 fully saturated rings. The van der Waals surface area contributed by atoms with Gasteiger partial charge < -0.3 is 19.6 Å². The normalized spacial score (nSPS) is 28.7. The van der Waals surface area contributed by atoms with Crippen LogP contribution in [0.4, 0.5) is 5.95 Å². The van der Waals surface area contributed by atoms with E-state index in [4.69, 9.17) is 4.74 Å². The van der Waals surface area contributed by atoms with Crippen molar-refractivity contribution in [3.63, 3.8) is 0 Å². The second-order valence-electron chi connectivity index (χ2n) is 8.01. The van der Waals surface area contributed by atoms with Crippen molar-refractivity contribution in [3.05, 3.63) is 24.5 Å². The lowest BCUT2D eigenvalue weighted by Gasteiger charge is -2.51. The number of carbonyl (C=O) groups excluding carboxylic acids is 1. The lowest BCUT2D eigenvalue weighted by molar-refractivity contribution is -0.141. The van der Waals surface area contributed by atoms with Gasteiger partial charge >= 0.3 is 0 Å². The summed E-state index contributed by atoms with van der Waals surface area (Å²) in [6.07, 6.45) is 11.3. The van der Waals surface area contributed by atoms with Crippen molar-refractivity contribution in [1.29, 1.82) is 0 Å². The lowest BCUT2D eigenvalue weighted by atomic mass is 9.71. The first-order valence-electron chi connectivity index (χ1n) is 9.84. The predicted molar refractivity (Wildman–Crippen MR) is 102 cm³/mol. The molecule has 1 unspecified atom stereocenters. The van der Waals surface area contributed by atoms with Crippen LogP contribution in [0.15, 0.2) is 24.5 Å². The maximum atomic E-state index is 12.9. The first-order valence-corrected chi connectivity index (χ1v) is 9.84. The molecule has 1 aromatic heterocycles. The summed E-state index contributed by atoms with van der Waals surface area (Å²) in [5, 5.41) is 10.9. The molecule has 1 aromatic rings. The first-order chi connectivity index (χ1) is 13.1. The van der Waals surface area contributed by atoms with Gasteiger partial charge in [-0.15, -0.1) is 0 Å². The Morgan fingerprint density at radius 1 is 1.22 bits per heavy atom. The number of piperidine rings is 2. The van der Waals surface area contributed by atoms with Crippen molar-refractivity contribution in [3.8, 4) is 5.75 Å². The van der Waals surface area contributed by atoms with Crippen molar-refractivity contribution < 1.29 is 14.6 Å². The minimum atomic E-state index is -0.399. The Labute approximate surface area is 160 Å². The Morgan fingerprint density at radius 3 is 2.67 bits per heavy atom. The summed E-state index contributed by atoms with van der Waals surface area (Å²) >= 11 is 0. The first kappa shape index (κ1) is 18.2. The molecule has 2 saturated heterocycles. The van der Waals surface area contributed by atoms with E-state index in [1.807, 2.05) is 4.90 Å². The third-order valence-corrected chi connectivity index (χ3v) is 6.30. The van der Waals surface area contributed by atoms with Crippen LogP contribution in [-0.4, -0.2) is 65.3 Å². The van der Waals surface area contributed by atoms with Crippen LogP contribution in [0.5, 0.6) is 5.75 Å². The number of rotatable bonds is 3. The highest BCUT2D eigenvalue weighted by Crippen LogP contribution is 2.40. The van der Waals surface area contributed by atoms with E-state index in [0.29, 0.717) is 31.2 Å². The molecule has 2 atom stereocenters. The summed E-state index contributed by atoms with van der Waals surface area (Å²) in [6, 6.07) is 0. The van der Waals surface area contributed by atoms with E-state index in [1.165, 1.54) is 0 Å². The highest BCUT2D eigenvalue weighted by Gasteiger charge is 2.47. The van der Waals surface area contributed by atoms with E-state index >= 15 is 0 Å². The average molecular weight is 372 g/mol. The van der Waals surface area contributed by atoms with Crippen molar-refractivity contribution in [2.45, 2.75) is 38.2 Å². The van der Waals surface area contributed by atoms with Gasteiger partial charge in [0.1, 0.15) is 0 Å². The molecule has 1 spiro atoms. The van der Waals surface area contributed by atoms with Gasteiger partial charge in [0.25, 0.3) is 0 Å². The number of amides is 1. The van der Waals surface area contributed by atoms with Crippen LogP contribution < -0.4 is 9.64 Å². The van der Waals surface area contributed by atoms with E-state index in [-0.39, 0.29) is 17.2 Å². The summed E-state index contributed by atoms with van der Waals surface area (Å²) in [7, 11) is 1.60. The second kappa shape index (κ2) is 7.46. The Bertz CT molecular complexity index is 700. The number of hydrogen-bond acceptors (Lipinski definition) is 6. The van der Waals surface area contributed by atoms with E-state index in [2.05, 4.69) is 27.0 Å². The zero-order valence-corrected chi connectivity index (χ0v) is 15.9. The summed E-state index contributed by atoms with van der Waals surface area (Å²) in [4.78, 5) is 25.9. The van der Waals surface area contributed by atoms with Crippen LogP contribution in [0.3, 0.4) is 0 Å². The number of anilines is 1. The number of allylic oxidation sites excluding steroid dienone is 2.